The van der Waals surface area contributed by atoms with Gasteiger partial charge in [-0.25, -0.2) is 4.57 Å². The first-order chi connectivity index (χ1) is 16.5. The van der Waals surface area contributed by atoms with Gasteiger partial charge in [-0.2, -0.15) is 0 Å². The number of hydrogen-bond acceptors (Lipinski definition) is 4. The molecule has 34 heavy (non-hydrogen) atoms. The molecule has 1 N–H and O–H groups in total. The Morgan fingerprint density at radius 3 is 2.29 bits per heavy atom. The van der Waals surface area contributed by atoms with E-state index in [0.717, 1.165) is 28.1 Å². The first-order valence-electron chi connectivity index (χ1n) is 10.3. The van der Waals surface area contributed by atoms with Crippen LogP contribution in [0.5, 0.6) is 0 Å². The van der Waals surface area contributed by atoms with Crippen molar-refractivity contribution in [3.63, 3.8) is 0 Å². The molecule has 5 rings (SSSR count). The summed E-state index contributed by atoms with van der Waals surface area (Å²) in [7, 11) is 0. The van der Waals surface area contributed by atoms with E-state index in [2.05, 4.69) is 14.9 Å². The van der Waals surface area contributed by atoms with E-state index in [9.17, 15) is 0 Å². The summed E-state index contributed by atoms with van der Waals surface area (Å²) in [6.45, 7) is 1.47. The molecule has 3 heterocycles. The summed E-state index contributed by atoms with van der Waals surface area (Å²) in [5.41, 5.74) is 3.35. The summed E-state index contributed by atoms with van der Waals surface area (Å²) >= 11 is 25.0. The van der Waals surface area contributed by atoms with Gasteiger partial charge >= 0.3 is 0 Å². The number of furan rings is 1. The molecule has 6 nitrogen and oxygen atoms in total. The summed E-state index contributed by atoms with van der Waals surface area (Å²) in [4.78, 5) is 14.6. The van der Waals surface area contributed by atoms with E-state index in [0.29, 0.717) is 45.5 Å². The van der Waals surface area contributed by atoms with Crippen LogP contribution >= 0.6 is 46.4 Å². The maximum atomic E-state index is 6.48. The average molecular weight is 534 g/mol. The highest BCUT2D eigenvalue weighted by molar-refractivity contribution is 6.35. The van der Waals surface area contributed by atoms with Crippen molar-refractivity contribution in [2.45, 2.75) is 19.6 Å². The van der Waals surface area contributed by atoms with Crippen molar-refractivity contribution >= 4 is 63.4 Å². The molecule has 10 heteroatoms. The average Bonchev–Trinajstić information content (AvgIpc) is 3.49. The number of rotatable bonds is 7. The molecule has 0 aliphatic rings. The number of aromatic nitrogens is 4. The highest BCUT2D eigenvalue weighted by Crippen LogP contribution is 2.28. The van der Waals surface area contributed by atoms with E-state index in [1.807, 2.05) is 41.0 Å². The van der Waals surface area contributed by atoms with E-state index in [1.54, 1.807) is 31.1 Å². The minimum absolute atomic E-state index is 0.486. The Morgan fingerprint density at radius 1 is 0.882 bits per heavy atom. The number of hydrogen-bond donors (Lipinski definition) is 1. The van der Waals surface area contributed by atoms with Gasteiger partial charge in [0, 0.05) is 32.2 Å². The maximum Gasteiger partial charge on any atom is 0.293 e. The van der Waals surface area contributed by atoms with E-state index in [4.69, 9.17) is 55.8 Å². The summed E-state index contributed by atoms with van der Waals surface area (Å²) in [5.74, 6) is 1.51. The number of nitrogens with one attached hydrogen (secondary N) is 1. The normalized spacial score (nSPS) is 11.3. The van der Waals surface area contributed by atoms with Crippen molar-refractivity contribution in [2.75, 3.05) is 4.90 Å². The van der Waals surface area contributed by atoms with Gasteiger partial charge < -0.3 is 14.3 Å². The van der Waals surface area contributed by atoms with Crippen molar-refractivity contribution in [3.05, 3.63) is 104 Å². The van der Waals surface area contributed by atoms with Crippen LogP contribution in [0.2, 0.25) is 20.1 Å². The first-order valence-corrected chi connectivity index (χ1v) is 11.9. The highest BCUT2D eigenvalue weighted by atomic mass is 35.5. The van der Waals surface area contributed by atoms with Gasteiger partial charge in [0.1, 0.15) is 5.76 Å². The Hall–Kier alpha value is -2.77. The van der Waals surface area contributed by atoms with Crippen molar-refractivity contribution in [3.8, 4) is 0 Å². The van der Waals surface area contributed by atoms with Gasteiger partial charge in [0.25, 0.3) is 5.65 Å². The Morgan fingerprint density at radius 2 is 1.62 bits per heavy atom. The predicted octanol–water partition coefficient (Wildman–Crippen LogP) is 6.71. The smallest absolute Gasteiger partial charge is 0.293 e. The third-order valence-corrected chi connectivity index (χ3v) is 6.57. The van der Waals surface area contributed by atoms with Crippen LogP contribution in [-0.4, -0.2) is 15.0 Å². The summed E-state index contributed by atoms with van der Waals surface area (Å²) in [5, 5.41) is 2.35. The SMILES string of the molecule is Clc1ccc(CN(Cc2ccco2)c2nc[n+](Cc3ccc(Cl)cc3Cl)c3nc[nH]c23)c(Cl)c1. The molecule has 0 spiro atoms. The summed E-state index contributed by atoms with van der Waals surface area (Å²) < 4.78 is 7.55. The molecule has 0 saturated heterocycles. The second-order valence-corrected chi connectivity index (χ2v) is 9.39. The molecule has 0 unspecified atom stereocenters. The Kier molecular flexibility index (Phi) is 6.66. The van der Waals surface area contributed by atoms with Gasteiger partial charge in [-0.15, -0.1) is 0 Å². The lowest BCUT2D eigenvalue weighted by molar-refractivity contribution is -0.667. The zero-order valence-corrected chi connectivity index (χ0v) is 20.7. The molecular weight excluding hydrogens is 516 g/mol. The minimum Gasteiger partial charge on any atom is -0.467 e. The number of imidazole rings is 1. The van der Waals surface area contributed by atoms with Gasteiger partial charge in [0.15, 0.2) is 11.8 Å². The molecule has 0 atom stereocenters. The molecule has 5 aromatic rings. The largest absolute Gasteiger partial charge is 0.467 e. The van der Waals surface area contributed by atoms with Gasteiger partial charge in [-0.05, 0) is 42.0 Å². The molecule has 0 fully saturated rings. The number of anilines is 1. The topological polar surface area (TPSA) is 61.8 Å². The minimum atomic E-state index is 0.486. The van der Waals surface area contributed by atoms with Gasteiger partial charge in [-0.1, -0.05) is 68.5 Å². The van der Waals surface area contributed by atoms with Gasteiger partial charge in [0.05, 0.1) is 19.4 Å². The van der Waals surface area contributed by atoms with Crippen LogP contribution in [0.1, 0.15) is 16.9 Å². The van der Waals surface area contributed by atoms with Crippen LogP contribution in [0, 0.1) is 0 Å². The molecule has 3 aromatic heterocycles. The first kappa shape index (κ1) is 23.0. The van der Waals surface area contributed by atoms with Crippen molar-refractivity contribution in [2.24, 2.45) is 0 Å². The third-order valence-electron chi connectivity index (χ3n) is 5.39. The lowest BCUT2D eigenvalue weighted by Gasteiger charge is -2.22. The number of halogens is 4. The Bertz CT molecular complexity index is 1450. The molecular formula is C24H18Cl4N5O+. The molecule has 0 bridgehead atoms. The van der Waals surface area contributed by atoms with E-state index in [1.165, 1.54) is 0 Å². The van der Waals surface area contributed by atoms with Crippen molar-refractivity contribution in [1.82, 2.24) is 15.0 Å². The fourth-order valence-electron chi connectivity index (χ4n) is 3.75. The van der Waals surface area contributed by atoms with E-state index >= 15 is 0 Å². The Labute approximate surface area is 215 Å². The van der Waals surface area contributed by atoms with Crippen LogP contribution < -0.4 is 9.47 Å². The van der Waals surface area contributed by atoms with Gasteiger partial charge in [-0.3, -0.25) is 0 Å². The van der Waals surface area contributed by atoms with E-state index in [-0.39, 0.29) is 0 Å². The number of H-pyrrole nitrogens is 1. The predicted molar refractivity (Wildman–Crippen MR) is 135 cm³/mol. The molecule has 0 amide bonds. The summed E-state index contributed by atoms with van der Waals surface area (Å²) in [6.07, 6.45) is 5.05. The van der Waals surface area contributed by atoms with Crippen LogP contribution in [0.25, 0.3) is 11.2 Å². The number of benzene rings is 2. The second-order valence-electron chi connectivity index (χ2n) is 7.70. The molecule has 172 valence electrons. The van der Waals surface area contributed by atoms with Gasteiger partial charge in [0.2, 0.25) is 12.1 Å². The van der Waals surface area contributed by atoms with Crippen molar-refractivity contribution in [1.29, 1.82) is 0 Å². The molecule has 0 aliphatic carbocycles. The monoisotopic (exact) mass is 532 g/mol. The summed E-state index contributed by atoms with van der Waals surface area (Å²) in [6, 6.07) is 14.7. The quantitative estimate of drug-likeness (QED) is 0.236. The highest BCUT2D eigenvalue weighted by Gasteiger charge is 2.24. The lowest BCUT2D eigenvalue weighted by Crippen LogP contribution is -2.37. The van der Waals surface area contributed by atoms with Crippen molar-refractivity contribution < 1.29 is 8.98 Å². The fourth-order valence-corrected chi connectivity index (χ4v) is 4.69. The molecule has 0 saturated carbocycles. The number of aromatic amines is 1. The number of nitrogens with zero attached hydrogens (tertiary/aromatic N) is 4. The molecule has 0 radical (unpaired) electrons. The van der Waals surface area contributed by atoms with Crippen LogP contribution in [-0.2, 0) is 19.6 Å². The van der Waals surface area contributed by atoms with E-state index < -0.39 is 0 Å². The van der Waals surface area contributed by atoms with Crippen LogP contribution in [0.4, 0.5) is 5.82 Å². The third kappa shape index (κ3) is 4.86. The Balaban J connectivity index is 1.54. The fraction of sp³-hybridized carbons (Fsp3) is 0.125. The standard InChI is InChI=1S/C24H17Cl4N5O/c25-17-5-3-15(20(27)8-17)10-32(12-19-2-1-7-34-19)24-22-23(30-13-29-22)33(14-31-24)11-16-4-6-18(26)9-21(16)28/h1-9,13-14H,10-12H2/p+1. The molecule has 2 aromatic carbocycles. The maximum absolute atomic E-state index is 6.48. The number of fused-ring (bicyclic) bond motifs is 1. The van der Waals surface area contributed by atoms with Crippen LogP contribution in [0.15, 0.2) is 71.9 Å². The molecule has 0 aliphatic heterocycles. The lowest BCUT2D eigenvalue weighted by atomic mass is 10.2. The zero-order chi connectivity index (χ0) is 23.7. The second kappa shape index (κ2) is 9.84. The van der Waals surface area contributed by atoms with Crippen LogP contribution in [0.3, 0.4) is 0 Å². The zero-order valence-electron chi connectivity index (χ0n) is 17.7.